The molecule has 3 heterocycles. The van der Waals surface area contributed by atoms with E-state index in [-0.39, 0.29) is 11.7 Å². The van der Waals surface area contributed by atoms with Gasteiger partial charge in [-0.3, -0.25) is 9.89 Å². The molecule has 3 rings (SSSR count). The van der Waals surface area contributed by atoms with Crippen LogP contribution in [0.15, 0.2) is 0 Å². The quantitative estimate of drug-likeness (QED) is 0.769. The van der Waals surface area contributed by atoms with Gasteiger partial charge in [0.05, 0.1) is 18.8 Å². The van der Waals surface area contributed by atoms with Gasteiger partial charge in [0.2, 0.25) is 0 Å². The number of piperidine rings is 1. The summed E-state index contributed by atoms with van der Waals surface area (Å²) in [5.74, 6) is -0.551. The molecule has 0 radical (unpaired) electrons. The average Bonchev–Trinajstić information content (AvgIpc) is 2.98. The Kier molecular flexibility index (Phi) is 2.88. The first-order valence-corrected chi connectivity index (χ1v) is 6.56. The molecule has 102 valence electrons. The number of nitrogens with zero attached hydrogens (tertiary/aromatic N) is 3. The molecule has 0 aliphatic carbocycles. The second-order valence-electron chi connectivity index (χ2n) is 5.08. The van der Waals surface area contributed by atoms with Crippen molar-refractivity contribution in [2.24, 2.45) is 5.73 Å². The Morgan fingerprint density at radius 1 is 1.11 bits per heavy atom. The molecule has 0 atom stereocenters. The fourth-order valence-electron chi connectivity index (χ4n) is 2.76. The maximum atomic E-state index is 12.3. The van der Waals surface area contributed by atoms with Crippen LogP contribution in [0.1, 0.15) is 41.0 Å². The molecule has 2 aliphatic heterocycles. The highest BCUT2D eigenvalue weighted by Crippen LogP contribution is 2.25. The lowest BCUT2D eigenvalue weighted by Gasteiger charge is -2.30. The zero-order chi connectivity index (χ0) is 13.4. The minimum absolute atomic E-state index is 0.0414. The van der Waals surface area contributed by atoms with Crippen molar-refractivity contribution in [2.75, 3.05) is 13.1 Å². The molecule has 19 heavy (non-hydrogen) atoms. The third-order valence-corrected chi connectivity index (χ3v) is 3.78. The van der Waals surface area contributed by atoms with Gasteiger partial charge in [0.15, 0.2) is 5.69 Å². The largest absolute Gasteiger partial charge is 0.364 e. The van der Waals surface area contributed by atoms with E-state index in [0.29, 0.717) is 13.1 Å². The number of carbonyl (C=O) groups is 2. The molecule has 3 N–H and O–H groups in total. The standard InChI is InChI=1S/C12H17N5O2/c13-11(18)10-8-6-17(7-9(8)14-15-10)12(19)16-4-2-1-3-5-16/h1-7H2,(H2,13,18)(H,14,15). The predicted molar refractivity (Wildman–Crippen MR) is 67.2 cm³/mol. The number of nitrogens with two attached hydrogens (primary N) is 1. The van der Waals surface area contributed by atoms with Gasteiger partial charge in [-0.1, -0.05) is 0 Å². The molecule has 0 saturated carbocycles. The Labute approximate surface area is 110 Å². The summed E-state index contributed by atoms with van der Waals surface area (Å²) in [5, 5.41) is 6.68. The highest BCUT2D eigenvalue weighted by Gasteiger charge is 2.32. The number of rotatable bonds is 1. The normalized spacial score (nSPS) is 18.5. The molecule has 0 spiro atoms. The summed E-state index contributed by atoms with van der Waals surface area (Å²) in [4.78, 5) is 27.2. The zero-order valence-corrected chi connectivity index (χ0v) is 10.7. The number of primary amides is 1. The van der Waals surface area contributed by atoms with Gasteiger partial charge >= 0.3 is 6.03 Å². The van der Waals surface area contributed by atoms with Crippen molar-refractivity contribution < 1.29 is 9.59 Å². The number of amides is 3. The number of likely N-dealkylation sites (tertiary alicyclic amines) is 1. The summed E-state index contributed by atoms with van der Waals surface area (Å²) in [5.41, 5.74) is 7.09. The van der Waals surface area contributed by atoms with E-state index in [0.717, 1.165) is 37.2 Å². The first-order chi connectivity index (χ1) is 9.16. The van der Waals surface area contributed by atoms with E-state index in [9.17, 15) is 9.59 Å². The Bertz CT molecular complexity index is 518. The van der Waals surface area contributed by atoms with Crippen LogP contribution in [0, 0.1) is 0 Å². The third kappa shape index (κ3) is 2.05. The van der Waals surface area contributed by atoms with E-state index in [1.54, 1.807) is 4.90 Å². The van der Waals surface area contributed by atoms with Gasteiger partial charge in [-0.05, 0) is 19.3 Å². The summed E-state index contributed by atoms with van der Waals surface area (Å²) in [6.07, 6.45) is 3.33. The van der Waals surface area contributed by atoms with Gasteiger partial charge in [-0.2, -0.15) is 5.10 Å². The van der Waals surface area contributed by atoms with Crippen molar-refractivity contribution >= 4 is 11.9 Å². The lowest BCUT2D eigenvalue weighted by atomic mass is 10.1. The topological polar surface area (TPSA) is 95.3 Å². The molecule has 3 amide bonds. The van der Waals surface area contributed by atoms with Gasteiger partial charge in [-0.25, -0.2) is 4.79 Å². The van der Waals surface area contributed by atoms with Crippen LogP contribution >= 0.6 is 0 Å². The van der Waals surface area contributed by atoms with Gasteiger partial charge in [-0.15, -0.1) is 0 Å². The number of hydrogen-bond donors (Lipinski definition) is 2. The minimum Gasteiger partial charge on any atom is -0.364 e. The molecule has 1 saturated heterocycles. The smallest absolute Gasteiger partial charge is 0.320 e. The average molecular weight is 263 g/mol. The minimum atomic E-state index is -0.551. The first-order valence-electron chi connectivity index (χ1n) is 6.56. The van der Waals surface area contributed by atoms with Crippen molar-refractivity contribution in [1.82, 2.24) is 20.0 Å². The number of H-pyrrole nitrogens is 1. The molecule has 0 aromatic carbocycles. The van der Waals surface area contributed by atoms with Crippen LogP contribution in [0.5, 0.6) is 0 Å². The highest BCUT2D eigenvalue weighted by molar-refractivity contribution is 5.93. The highest BCUT2D eigenvalue weighted by atomic mass is 16.2. The van der Waals surface area contributed by atoms with Crippen LogP contribution < -0.4 is 5.73 Å². The second-order valence-corrected chi connectivity index (χ2v) is 5.08. The van der Waals surface area contributed by atoms with Crippen LogP contribution in [0.25, 0.3) is 0 Å². The Morgan fingerprint density at radius 2 is 1.84 bits per heavy atom. The SMILES string of the molecule is NC(=O)c1n[nH]c2c1CN(C(=O)N1CCCCC1)C2. The van der Waals surface area contributed by atoms with E-state index in [4.69, 9.17) is 5.73 Å². The molecule has 0 bridgehead atoms. The number of hydrogen-bond acceptors (Lipinski definition) is 3. The molecule has 2 aliphatic rings. The molecular formula is C12H17N5O2. The Balaban J connectivity index is 1.72. The number of carbonyl (C=O) groups excluding carboxylic acids is 2. The van der Waals surface area contributed by atoms with Crippen molar-refractivity contribution in [3.63, 3.8) is 0 Å². The van der Waals surface area contributed by atoms with Crippen molar-refractivity contribution in [2.45, 2.75) is 32.4 Å². The van der Waals surface area contributed by atoms with Crippen LogP contribution in [-0.2, 0) is 13.1 Å². The van der Waals surface area contributed by atoms with Gasteiger partial charge < -0.3 is 15.5 Å². The van der Waals surface area contributed by atoms with Crippen LogP contribution in [-0.4, -0.2) is 45.0 Å². The van der Waals surface area contributed by atoms with Gasteiger partial charge in [0.25, 0.3) is 5.91 Å². The maximum Gasteiger partial charge on any atom is 0.320 e. The Hall–Kier alpha value is -2.05. The zero-order valence-electron chi connectivity index (χ0n) is 10.7. The number of fused-ring (bicyclic) bond motifs is 1. The summed E-state index contributed by atoms with van der Waals surface area (Å²) in [6.45, 7) is 2.54. The van der Waals surface area contributed by atoms with E-state index >= 15 is 0 Å². The molecular weight excluding hydrogens is 246 g/mol. The van der Waals surface area contributed by atoms with Crippen molar-refractivity contribution in [3.8, 4) is 0 Å². The van der Waals surface area contributed by atoms with Crippen LogP contribution in [0.2, 0.25) is 0 Å². The second kappa shape index (κ2) is 4.56. The summed E-state index contributed by atoms with van der Waals surface area (Å²) >= 11 is 0. The van der Waals surface area contributed by atoms with Gasteiger partial charge in [0.1, 0.15) is 0 Å². The molecule has 0 unspecified atom stereocenters. The predicted octanol–water partition coefficient (Wildman–Crippen LogP) is 0.430. The first kappa shape index (κ1) is 12.0. The fourth-order valence-corrected chi connectivity index (χ4v) is 2.76. The van der Waals surface area contributed by atoms with Crippen molar-refractivity contribution in [1.29, 1.82) is 0 Å². The van der Waals surface area contributed by atoms with Crippen LogP contribution in [0.4, 0.5) is 4.79 Å². The molecule has 1 aromatic rings. The molecule has 1 fully saturated rings. The van der Waals surface area contributed by atoms with E-state index < -0.39 is 5.91 Å². The van der Waals surface area contributed by atoms with E-state index in [1.165, 1.54) is 6.42 Å². The van der Waals surface area contributed by atoms with Gasteiger partial charge in [0, 0.05) is 18.7 Å². The number of aromatic amines is 1. The fraction of sp³-hybridized carbons (Fsp3) is 0.583. The lowest BCUT2D eigenvalue weighted by molar-refractivity contribution is 0.0993. The summed E-state index contributed by atoms with van der Waals surface area (Å²) in [7, 11) is 0. The van der Waals surface area contributed by atoms with Crippen LogP contribution in [0.3, 0.4) is 0 Å². The molecule has 1 aromatic heterocycles. The number of urea groups is 1. The molecule has 7 nitrogen and oxygen atoms in total. The maximum absolute atomic E-state index is 12.3. The lowest BCUT2D eigenvalue weighted by Crippen LogP contribution is -2.43. The van der Waals surface area contributed by atoms with Crippen molar-refractivity contribution in [3.05, 3.63) is 17.0 Å². The Morgan fingerprint density at radius 3 is 2.53 bits per heavy atom. The van der Waals surface area contributed by atoms with E-state index in [1.807, 2.05) is 4.90 Å². The monoisotopic (exact) mass is 263 g/mol. The van der Waals surface area contributed by atoms with E-state index in [2.05, 4.69) is 10.2 Å². The summed E-state index contributed by atoms with van der Waals surface area (Å²) < 4.78 is 0. The summed E-state index contributed by atoms with van der Waals surface area (Å²) in [6, 6.07) is 0.0414. The molecule has 7 heteroatoms. The number of nitrogens with one attached hydrogen (secondary N) is 1. The number of aromatic nitrogens is 2. The third-order valence-electron chi connectivity index (χ3n) is 3.78.